The molecule has 2 amide bonds. The number of nitrogens with zero attached hydrogens (tertiary/aromatic N) is 6. The number of aromatic nitrogens is 3. The molecule has 4 heterocycles. The predicted octanol–water partition coefficient (Wildman–Crippen LogP) is 2.32. The van der Waals surface area contributed by atoms with Crippen LogP contribution in [0.4, 0.5) is 10.3 Å². The molecule has 4 fully saturated rings. The normalized spacial score (nSPS) is 23.9. The first kappa shape index (κ1) is 19.8. The molecule has 0 radical (unpaired) electrons. The van der Waals surface area contributed by atoms with Crippen molar-refractivity contribution in [2.45, 2.75) is 44.4 Å². The fourth-order valence-electron chi connectivity index (χ4n) is 5.56. The highest BCUT2D eigenvalue weighted by Crippen LogP contribution is 2.46. The molecule has 0 atom stereocenters. The van der Waals surface area contributed by atoms with Gasteiger partial charge in [0.2, 0.25) is 11.9 Å². The molecule has 1 aromatic heterocycles. The van der Waals surface area contributed by atoms with Gasteiger partial charge in [-0.05, 0) is 49.4 Å². The fraction of sp³-hybridized carbons (Fsp3) is 0.565. The number of amides is 2. The number of carbonyl (C=O) groups is 2. The number of alkyl halides is 1. The molecule has 5 aliphatic rings. The number of hydrogen-bond acceptors (Lipinski definition) is 5. The lowest BCUT2D eigenvalue weighted by atomic mass is 9.73. The summed E-state index contributed by atoms with van der Waals surface area (Å²) in [6, 6.07) is 5.56. The van der Waals surface area contributed by atoms with Gasteiger partial charge in [-0.25, -0.2) is 4.39 Å². The zero-order valence-electron chi connectivity index (χ0n) is 18.1. The van der Waals surface area contributed by atoms with Crippen LogP contribution in [0.15, 0.2) is 18.2 Å². The van der Waals surface area contributed by atoms with Gasteiger partial charge in [-0.2, -0.15) is 0 Å². The summed E-state index contributed by atoms with van der Waals surface area (Å²) >= 11 is 6.27. The second kappa shape index (κ2) is 6.46. The predicted molar refractivity (Wildman–Crippen MR) is 118 cm³/mol. The van der Waals surface area contributed by atoms with Gasteiger partial charge >= 0.3 is 0 Å². The molecular formula is C23H24ClFN6O2. The van der Waals surface area contributed by atoms with Crippen LogP contribution < -0.4 is 4.90 Å². The second-order valence-corrected chi connectivity index (χ2v) is 10.9. The first-order valence-electron chi connectivity index (χ1n) is 11.6. The summed E-state index contributed by atoms with van der Waals surface area (Å²) in [7, 11) is 0. The maximum absolute atomic E-state index is 14.6. The molecule has 8 nitrogen and oxygen atoms in total. The van der Waals surface area contributed by atoms with Crippen molar-refractivity contribution in [1.82, 2.24) is 24.6 Å². The first-order chi connectivity index (χ1) is 15.8. The average molecular weight is 471 g/mol. The Hall–Kier alpha value is -2.68. The van der Waals surface area contributed by atoms with Crippen molar-refractivity contribution in [3.05, 3.63) is 34.6 Å². The van der Waals surface area contributed by atoms with Gasteiger partial charge in [-0.15, -0.1) is 10.2 Å². The minimum atomic E-state index is -1.74. The fourth-order valence-corrected chi connectivity index (χ4v) is 5.75. The van der Waals surface area contributed by atoms with Gasteiger partial charge in [0, 0.05) is 49.1 Å². The summed E-state index contributed by atoms with van der Waals surface area (Å²) in [5, 5.41) is 9.43. The Bertz CT molecular complexity index is 1190. The van der Waals surface area contributed by atoms with Crippen molar-refractivity contribution >= 4 is 29.4 Å². The Labute approximate surface area is 195 Å². The monoisotopic (exact) mass is 470 g/mol. The molecule has 2 saturated carbocycles. The number of fused-ring (bicyclic) bond motifs is 3. The lowest BCUT2D eigenvalue weighted by Gasteiger charge is -2.60. The number of rotatable bonds is 3. The Morgan fingerprint density at radius 1 is 1.03 bits per heavy atom. The number of benzene rings is 1. The molecule has 0 N–H and O–H groups in total. The van der Waals surface area contributed by atoms with Gasteiger partial charge < -0.3 is 14.7 Å². The zero-order chi connectivity index (χ0) is 22.5. The van der Waals surface area contributed by atoms with Crippen LogP contribution in [0, 0.1) is 11.3 Å². The van der Waals surface area contributed by atoms with Crippen molar-refractivity contribution in [2.75, 3.05) is 31.1 Å². The number of hydrogen-bond donors (Lipinski definition) is 0. The highest BCUT2D eigenvalue weighted by atomic mass is 35.5. The van der Waals surface area contributed by atoms with Crippen LogP contribution in [0.2, 0.25) is 5.02 Å². The maximum Gasteiger partial charge on any atom is 0.260 e. The molecular weight excluding hydrogens is 447 g/mol. The van der Waals surface area contributed by atoms with E-state index in [4.69, 9.17) is 11.6 Å². The molecule has 3 aliphatic heterocycles. The minimum absolute atomic E-state index is 0.138. The molecule has 33 heavy (non-hydrogen) atoms. The quantitative estimate of drug-likeness (QED) is 0.688. The summed E-state index contributed by atoms with van der Waals surface area (Å²) in [6.45, 7) is 3.75. The maximum atomic E-state index is 14.6. The second-order valence-electron chi connectivity index (χ2n) is 10.5. The number of halogens is 2. The highest BCUT2D eigenvalue weighted by Gasteiger charge is 2.56. The topological polar surface area (TPSA) is 74.6 Å². The van der Waals surface area contributed by atoms with E-state index in [1.165, 1.54) is 4.90 Å². The lowest BCUT2D eigenvalue weighted by Crippen LogP contribution is -2.73. The minimum Gasteiger partial charge on any atom is -0.341 e. The molecule has 2 aromatic rings. The third-order valence-corrected chi connectivity index (χ3v) is 7.91. The van der Waals surface area contributed by atoms with Crippen LogP contribution in [0.3, 0.4) is 0 Å². The smallest absolute Gasteiger partial charge is 0.260 e. The van der Waals surface area contributed by atoms with E-state index in [1.54, 1.807) is 0 Å². The van der Waals surface area contributed by atoms with Crippen molar-refractivity contribution in [1.29, 1.82) is 0 Å². The SMILES string of the molecule is O=C(C1CC1)N1CC2(C1)CN(c1nnc3n1-c1ccc(Cl)cc1CN(C(=O)C1(F)CC1)C3)C2. The molecule has 0 unspecified atom stereocenters. The largest absolute Gasteiger partial charge is 0.341 e. The number of anilines is 1. The van der Waals surface area contributed by atoms with Gasteiger partial charge in [-0.1, -0.05) is 11.6 Å². The molecule has 1 aromatic carbocycles. The standard InChI is InChI=1S/C23H24ClFN6O2/c24-16-3-4-17-15(7-16)8-28(20(33)23(25)5-6-23)9-18-26-27-21(31(17)18)30-12-22(13-30)10-29(11-22)19(32)14-1-2-14/h3-4,7,14H,1-2,5-6,8-13H2. The van der Waals surface area contributed by atoms with Gasteiger partial charge in [0.05, 0.1) is 12.2 Å². The van der Waals surface area contributed by atoms with Crippen molar-refractivity contribution in [3.8, 4) is 5.69 Å². The van der Waals surface area contributed by atoms with Gasteiger partial charge in [0.15, 0.2) is 11.5 Å². The van der Waals surface area contributed by atoms with E-state index in [0.29, 0.717) is 16.8 Å². The first-order valence-corrected chi connectivity index (χ1v) is 12.0. The van der Waals surface area contributed by atoms with E-state index < -0.39 is 11.6 Å². The molecule has 7 rings (SSSR count). The van der Waals surface area contributed by atoms with E-state index in [0.717, 1.165) is 56.2 Å². The van der Waals surface area contributed by atoms with Crippen LogP contribution in [-0.2, 0) is 22.7 Å². The summed E-state index contributed by atoms with van der Waals surface area (Å²) in [4.78, 5) is 30.8. The molecule has 0 bridgehead atoms. The zero-order valence-corrected chi connectivity index (χ0v) is 18.9. The van der Waals surface area contributed by atoms with Crippen LogP contribution in [0.5, 0.6) is 0 Å². The van der Waals surface area contributed by atoms with Gasteiger partial charge in [-0.3, -0.25) is 14.2 Å². The summed E-state index contributed by atoms with van der Waals surface area (Å²) in [5.41, 5.74) is 0.113. The average Bonchev–Trinajstić information content (AvgIpc) is 3.65. The number of likely N-dealkylation sites (tertiary alicyclic amines) is 1. The summed E-state index contributed by atoms with van der Waals surface area (Å²) < 4.78 is 16.6. The van der Waals surface area contributed by atoms with Crippen molar-refractivity contribution in [2.24, 2.45) is 11.3 Å². The van der Waals surface area contributed by atoms with Gasteiger partial charge in [0.25, 0.3) is 5.91 Å². The summed E-state index contributed by atoms with van der Waals surface area (Å²) in [5.74, 6) is 1.43. The van der Waals surface area contributed by atoms with E-state index in [9.17, 15) is 14.0 Å². The molecule has 2 saturated heterocycles. The molecule has 10 heteroatoms. The Morgan fingerprint density at radius 2 is 1.79 bits per heavy atom. The number of carbonyl (C=O) groups excluding carboxylic acids is 2. The van der Waals surface area contributed by atoms with E-state index in [2.05, 4.69) is 15.1 Å². The van der Waals surface area contributed by atoms with Crippen molar-refractivity contribution in [3.63, 3.8) is 0 Å². The lowest BCUT2D eigenvalue weighted by molar-refractivity contribution is -0.146. The molecule has 1 spiro atoms. The van der Waals surface area contributed by atoms with E-state index in [-0.39, 0.29) is 37.3 Å². The Balaban J connectivity index is 1.17. The van der Waals surface area contributed by atoms with E-state index in [1.807, 2.05) is 27.7 Å². The van der Waals surface area contributed by atoms with Crippen LogP contribution in [0.1, 0.15) is 37.1 Å². The Morgan fingerprint density at radius 3 is 2.48 bits per heavy atom. The summed E-state index contributed by atoms with van der Waals surface area (Å²) in [6.07, 6.45) is 2.62. The van der Waals surface area contributed by atoms with Crippen molar-refractivity contribution < 1.29 is 14.0 Å². The third kappa shape index (κ3) is 3.01. The van der Waals surface area contributed by atoms with Crippen LogP contribution >= 0.6 is 11.6 Å². The van der Waals surface area contributed by atoms with E-state index >= 15 is 0 Å². The van der Waals surface area contributed by atoms with Crippen LogP contribution in [0.25, 0.3) is 5.69 Å². The molecule has 172 valence electrons. The van der Waals surface area contributed by atoms with Crippen LogP contribution in [-0.4, -0.2) is 68.2 Å². The third-order valence-electron chi connectivity index (χ3n) is 7.67. The Kier molecular flexibility index (Phi) is 3.87. The highest BCUT2D eigenvalue weighted by molar-refractivity contribution is 6.30. The molecule has 2 aliphatic carbocycles. The van der Waals surface area contributed by atoms with Gasteiger partial charge in [0.1, 0.15) is 0 Å².